The average molecular weight is 373 g/mol. The van der Waals surface area contributed by atoms with Crippen LogP contribution in [0.25, 0.3) is 0 Å². The van der Waals surface area contributed by atoms with Gasteiger partial charge < -0.3 is 9.26 Å². The lowest BCUT2D eigenvalue weighted by atomic mass is 9.80. The Morgan fingerprint density at radius 1 is 1.19 bits per heavy atom. The van der Waals surface area contributed by atoms with E-state index in [0.717, 1.165) is 38.5 Å². The van der Waals surface area contributed by atoms with E-state index in [1.165, 1.54) is 0 Å². The number of anilines is 1. The van der Waals surface area contributed by atoms with Gasteiger partial charge in [-0.2, -0.15) is 14.5 Å². The van der Waals surface area contributed by atoms with E-state index in [9.17, 15) is 4.39 Å². The molecule has 27 heavy (non-hydrogen) atoms. The molecule has 0 radical (unpaired) electrons. The van der Waals surface area contributed by atoms with E-state index in [1.807, 2.05) is 4.90 Å². The van der Waals surface area contributed by atoms with Crippen molar-refractivity contribution in [1.82, 2.24) is 25.1 Å². The normalized spacial score (nSPS) is 31.9. The molecule has 4 atom stereocenters. The molecule has 1 aliphatic carbocycles. The van der Waals surface area contributed by atoms with Gasteiger partial charge in [0.15, 0.2) is 0 Å². The Morgan fingerprint density at radius 2 is 2.11 bits per heavy atom. The largest absolute Gasteiger partial charge is 0.370 e. The molecule has 1 saturated heterocycles. The van der Waals surface area contributed by atoms with Gasteiger partial charge in [0.1, 0.15) is 18.1 Å². The van der Waals surface area contributed by atoms with Crippen molar-refractivity contribution in [3.05, 3.63) is 24.0 Å². The molecule has 2 aromatic rings. The van der Waals surface area contributed by atoms with Gasteiger partial charge in [0, 0.05) is 18.6 Å². The number of hydrogen-bond acceptors (Lipinski definition) is 8. The Labute approximate surface area is 154 Å². The molecule has 1 N–H and O–H groups in total. The van der Waals surface area contributed by atoms with E-state index in [4.69, 9.17) is 9.26 Å². The molecule has 5 heterocycles. The van der Waals surface area contributed by atoms with Crippen LogP contribution in [0.4, 0.5) is 10.2 Å². The first-order chi connectivity index (χ1) is 13.3. The van der Waals surface area contributed by atoms with Crippen molar-refractivity contribution in [2.45, 2.75) is 56.8 Å². The fourth-order valence-corrected chi connectivity index (χ4v) is 4.94. The van der Waals surface area contributed by atoms with Gasteiger partial charge >= 0.3 is 0 Å². The SMILES string of the molecule is Fc1ncc2n1C1CCCCC1C1NN=C(c3nc(C4CCCO4)no3)N21. The van der Waals surface area contributed by atoms with Crippen molar-refractivity contribution < 1.29 is 13.7 Å². The lowest BCUT2D eigenvalue weighted by Gasteiger charge is -2.45. The summed E-state index contributed by atoms with van der Waals surface area (Å²) in [5, 5.41) is 8.56. The number of nitrogens with zero attached hydrogens (tertiary/aromatic N) is 6. The third-order valence-electron chi connectivity index (χ3n) is 6.16. The highest BCUT2D eigenvalue weighted by Gasteiger charge is 2.49. The Balaban J connectivity index is 1.39. The van der Waals surface area contributed by atoms with Crippen molar-refractivity contribution in [2.24, 2.45) is 11.0 Å². The summed E-state index contributed by atoms with van der Waals surface area (Å²) >= 11 is 0. The van der Waals surface area contributed by atoms with Crippen LogP contribution in [0, 0.1) is 12.0 Å². The minimum absolute atomic E-state index is 0.0491. The van der Waals surface area contributed by atoms with Crippen LogP contribution in [0.2, 0.25) is 0 Å². The summed E-state index contributed by atoms with van der Waals surface area (Å²) in [4.78, 5) is 10.4. The monoisotopic (exact) mass is 373 g/mol. The van der Waals surface area contributed by atoms with Gasteiger partial charge in [-0.1, -0.05) is 18.0 Å². The number of fused-ring (bicyclic) bond motifs is 6. The minimum Gasteiger partial charge on any atom is -0.370 e. The van der Waals surface area contributed by atoms with Crippen LogP contribution in [0.15, 0.2) is 15.8 Å². The fraction of sp³-hybridized carbons (Fsp3) is 0.647. The minimum atomic E-state index is -0.447. The molecule has 0 aromatic carbocycles. The van der Waals surface area contributed by atoms with Crippen molar-refractivity contribution in [2.75, 3.05) is 11.5 Å². The zero-order valence-corrected chi connectivity index (χ0v) is 14.7. The van der Waals surface area contributed by atoms with Crippen LogP contribution in [0.3, 0.4) is 0 Å². The van der Waals surface area contributed by atoms with Crippen LogP contribution >= 0.6 is 0 Å². The number of imidazole rings is 1. The van der Waals surface area contributed by atoms with Gasteiger partial charge in [-0.3, -0.25) is 14.9 Å². The molecule has 142 valence electrons. The first-order valence-corrected chi connectivity index (χ1v) is 9.62. The van der Waals surface area contributed by atoms with E-state index in [2.05, 4.69) is 25.7 Å². The molecular weight excluding hydrogens is 353 g/mol. The maximum Gasteiger partial charge on any atom is 0.295 e. The number of aromatic nitrogens is 4. The van der Waals surface area contributed by atoms with Crippen LogP contribution in [0.5, 0.6) is 0 Å². The number of rotatable bonds is 2. The third-order valence-corrected chi connectivity index (χ3v) is 6.16. The number of hydrazone groups is 1. The standard InChI is InChI=1S/C17H20FN7O2/c18-17-19-8-12-24(17)10-5-2-1-4-9(10)14-21-22-15(25(12)14)16-20-13(23-27-16)11-6-3-7-26-11/h8-11,14,21H,1-7H2. The van der Waals surface area contributed by atoms with Gasteiger partial charge in [-0.25, -0.2) is 4.98 Å². The summed E-state index contributed by atoms with van der Waals surface area (Å²) < 4.78 is 27.3. The zero-order valence-electron chi connectivity index (χ0n) is 14.7. The first kappa shape index (κ1) is 15.6. The number of halogens is 1. The Hall–Kier alpha value is -2.49. The average Bonchev–Trinajstić information content (AvgIpc) is 3.46. The quantitative estimate of drug-likeness (QED) is 0.861. The summed E-state index contributed by atoms with van der Waals surface area (Å²) in [6.45, 7) is 0.715. The van der Waals surface area contributed by atoms with Crippen LogP contribution in [0.1, 0.15) is 62.4 Å². The molecule has 6 rings (SSSR count). The maximum atomic E-state index is 14.5. The molecule has 0 bridgehead atoms. The molecule has 4 aliphatic rings. The highest BCUT2D eigenvalue weighted by atomic mass is 19.1. The summed E-state index contributed by atoms with van der Waals surface area (Å²) in [6, 6.07) is 0.102. The van der Waals surface area contributed by atoms with Gasteiger partial charge in [0.2, 0.25) is 11.7 Å². The van der Waals surface area contributed by atoms with Crippen molar-refractivity contribution in [3.8, 4) is 0 Å². The molecule has 3 aliphatic heterocycles. The second-order valence-corrected chi connectivity index (χ2v) is 7.61. The van der Waals surface area contributed by atoms with E-state index in [-0.39, 0.29) is 24.2 Å². The van der Waals surface area contributed by atoms with Crippen LogP contribution in [-0.2, 0) is 4.74 Å². The molecule has 2 aromatic heterocycles. The van der Waals surface area contributed by atoms with Gasteiger partial charge in [-0.05, 0) is 25.7 Å². The van der Waals surface area contributed by atoms with Crippen molar-refractivity contribution >= 4 is 11.7 Å². The molecule has 0 spiro atoms. The molecule has 9 nitrogen and oxygen atoms in total. The molecule has 1 saturated carbocycles. The van der Waals surface area contributed by atoms with Gasteiger partial charge in [-0.15, -0.1) is 0 Å². The van der Waals surface area contributed by atoms with Crippen molar-refractivity contribution in [3.63, 3.8) is 0 Å². The smallest absolute Gasteiger partial charge is 0.295 e. The second-order valence-electron chi connectivity index (χ2n) is 7.61. The summed E-state index contributed by atoms with van der Waals surface area (Å²) in [6.07, 6.45) is 7.03. The number of amidine groups is 1. The van der Waals surface area contributed by atoms with E-state index in [1.54, 1.807) is 10.8 Å². The predicted molar refractivity (Wildman–Crippen MR) is 91.3 cm³/mol. The highest BCUT2D eigenvalue weighted by molar-refractivity contribution is 6.08. The van der Waals surface area contributed by atoms with Crippen LogP contribution < -0.4 is 10.3 Å². The molecule has 2 fully saturated rings. The molecular formula is C17H20FN7O2. The highest BCUT2D eigenvalue weighted by Crippen LogP contribution is 2.46. The summed E-state index contributed by atoms with van der Waals surface area (Å²) in [7, 11) is 0. The van der Waals surface area contributed by atoms with Crippen molar-refractivity contribution in [1.29, 1.82) is 0 Å². The van der Waals surface area contributed by atoms with E-state index < -0.39 is 6.08 Å². The van der Waals surface area contributed by atoms with Crippen LogP contribution in [-0.4, -0.2) is 38.3 Å². The zero-order chi connectivity index (χ0) is 18.0. The predicted octanol–water partition coefficient (Wildman–Crippen LogP) is 2.10. The molecule has 10 heteroatoms. The maximum absolute atomic E-state index is 14.5. The number of hydrogen-bond donors (Lipinski definition) is 1. The lowest BCUT2D eigenvalue weighted by molar-refractivity contribution is 0.103. The summed E-state index contributed by atoms with van der Waals surface area (Å²) in [5.41, 5.74) is 3.23. The Bertz CT molecular complexity index is 903. The second kappa shape index (κ2) is 5.75. The molecule has 0 amide bonds. The third kappa shape index (κ3) is 2.19. The Morgan fingerprint density at radius 3 is 3.00 bits per heavy atom. The summed E-state index contributed by atoms with van der Waals surface area (Å²) in [5.74, 6) is 2.30. The first-order valence-electron chi connectivity index (χ1n) is 9.62. The van der Waals surface area contributed by atoms with E-state index >= 15 is 0 Å². The number of nitrogens with one attached hydrogen (secondary N) is 1. The van der Waals surface area contributed by atoms with Gasteiger partial charge in [0.05, 0.1) is 6.20 Å². The lowest BCUT2D eigenvalue weighted by Crippen LogP contribution is -2.54. The number of ether oxygens (including phenoxy) is 1. The topological polar surface area (TPSA) is 93.6 Å². The fourth-order valence-electron chi connectivity index (χ4n) is 4.94. The van der Waals surface area contributed by atoms with E-state index in [0.29, 0.717) is 30.0 Å². The molecule has 4 unspecified atom stereocenters. The Kier molecular flexibility index (Phi) is 3.31. The van der Waals surface area contributed by atoms with Gasteiger partial charge in [0.25, 0.3) is 12.0 Å².